The van der Waals surface area contributed by atoms with E-state index in [0.29, 0.717) is 11.9 Å². The maximum atomic E-state index is 5.79. The molecule has 0 fully saturated rings. The SMILES string of the molecule is CC(C)N(CCCl)Cc1ccccc1Br. The van der Waals surface area contributed by atoms with Crippen molar-refractivity contribution < 1.29 is 0 Å². The molecule has 0 aromatic heterocycles. The van der Waals surface area contributed by atoms with Gasteiger partial charge >= 0.3 is 0 Å². The first-order valence-corrected chi connectivity index (χ1v) is 6.51. The molecule has 0 N–H and O–H groups in total. The molecule has 0 amide bonds. The number of rotatable bonds is 5. The van der Waals surface area contributed by atoms with Crippen LogP contribution in [0.15, 0.2) is 28.7 Å². The van der Waals surface area contributed by atoms with Crippen molar-refractivity contribution in [3.8, 4) is 0 Å². The average Bonchev–Trinajstić information content (AvgIpc) is 2.20. The third kappa shape index (κ3) is 4.13. The summed E-state index contributed by atoms with van der Waals surface area (Å²) in [6, 6.07) is 8.85. The smallest absolute Gasteiger partial charge is 0.0351 e. The van der Waals surface area contributed by atoms with E-state index < -0.39 is 0 Å². The second-order valence-corrected chi connectivity index (χ2v) is 5.08. The maximum Gasteiger partial charge on any atom is 0.0351 e. The second-order valence-electron chi connectivity index (χ2n) is 3.84. The van der Waals surface area contributed by atoms with Gasteiger partial charge in [-0.15, -0.1) is 11.6 Å². The van der Waals surface area contributed by atoms with Crippen molar-refractivity contribution in [2.75, 3.05) is 12.4 Å². The molecule has 1 nitrogen and oxygen atoms in total. The Kier molecular flexibility index (Phi) is 5.65. The Morgan fingerprint density at radius 2 is 2.00 bits per heavy atom. The van der Waals surface area contributed by atoms with Gasteiger partial charge in [0.05, 0.1) is 0 Å². The van der Waals surface area contributed by atoms with Crippen LogP contribution in [0, 0.1) is 0 Å². The Labute approximate surface area is 106 Å². The number of alkyl halides is 1. The molecule has 1 aromatic carbocycles. The molecule has 0 bridgehead atoms. The summed E-state index contributed by atoms with van der Waals surface area (Å²) in [4.78, 5) is 2.37. The van der Waals surface area contributed by atoms with Crippen LogP contribution in [-0.2, 0) is 6.54 Å². The first-order valence-electron chi connectivity index (χ1n) is 5.18. The molecule has 0 heterocycles. The first-order chi connectivity index (χ1) is 7.15. The van der Waals surface area contributed by atoms with Gasteiger partial charge in [-0.3, -0.25) is 4.90 Å². The second kappa shape index (κ2) is 6.51. The minimum atomic E-state index is 0.524. The van der Waals surface area contributed by atoms with E-state index in [9.17, 15) is 0 Å². The molecule has 0 spiro atoms. The highest BCUT2D eigenvalue weighted by atomic mass is 79.9. The highest BCUT2D eigenvalue weighted by Gasteiger charge is 2.10. The lowest BCUT2D eigenvalue weighted by Gasteiger charge is -2.25. The van der Waals surface area contributed by atoms with Gasteiger partial charge in [-0.1, -0.05) is 34.1 Å². The zero-order chi connectivity index (χ0) is 11.3. The summed E-state index contributed by atoms with van der Waals surface area (Å²) >= 11 is 9.36. The minimum absolute atomic E-state index is 0.524. The molecule has 0 saturated carbocycles. The van der Waals surface area contributed by atoms with Crippen LogP contribution < -0.4 is 0 Å². The quantitative estimate of drug-likeness (QED) is 0.744. The number of halogens is 2. The number of hydrogen-bond acceptors (Lipinski definition) is 1. The summed E-state index contributed by atoms with van der Waals surface area (Å²) in [7, 11) is 0. The lowest BCUT2D eigenvalue weighted by molar-refractivity contribution is 0.226. The highest BCUT2D eigenvalue weighted by molar-refractivity contribution is 9.10. The van der Waals surface area contributed by atoms with Crippen molar-refractivity contribution in [2.45, 2.75) is 26.4 Å². The highest BCUT2D eigenvalue weighted by Crippen LogP contribution is 2.18. The van der Waals surface area contributed by atoms with Crippen molar-refractivity contribution in [1.82, 2.24) is 4.90 Å². The topological polar surface area (TPSA) is 3.24 Å². The predicted octanol–water partition coefficient (Wildman–Crippen LogP) is 3.90. The molecule has 84 valence electrons. The molecule has 1 rings (SSSR count). The lowest BCUT2D eigenvalue weighted by Crippen LogP contribution is -2.32. The summed E-state index contributed by atoms with van der Waals surface area (Å²) in [5, 5.41) is 0. The van der Waals surface area contributed by atoms with Gasteiger partial charge in [0.25, 0.3) is 0 Å². The average molecular weight is 291 g/mol. The third-order valence-electron chi connectivity index (χ3n) is 2.43. The fourth-order valence-electron chi connectivity index (χ4n) is 1.47. The van der Waals surface area contributed by atoms with Crippen LogP contribution in [0.2, 0.25) is 0 Å². The fourth-order valence-corrected chi connectivity index (χ4v) is 2.10. The molecule has 0 aliphatic rings. The Bertz CT molecular complexity index is 301. The largest absolute Gasteiger partial charge is 0.295 e. The van der Waals surface area contributed by atoms with Gasteiger partial charge in [-0.2, -0.15) is 0 Å². The monoisotopic (exact) mass is 289 g/mol. The van der Waals surface area contributed by atoms with Crippen LogP contribution in [-0.4, -0.2) is 23.4 Å². The molecule has 3 heteroatoms. The predicted molar refractivity (Wildman–Crippen MR) is 70.4 cm³/mol. The van der Waals surface area contributed by atoms with Crippen molar-refractivity contribution >= 4 is 27.5 Å². The minimum Gasteiger partial charge on any atom is -0.295 e. The van der Waals surface area contributed by atoms with E-state index >= 15 is 0 Å². The first kappa shape index (κ1) is 13.0. The summed E-state index contributed by atoms with van der Waals surface area (Å²) in [6.07, 6.45) is 0. The molecule has 0 saturated heterocycles. The normalized spacial score (nSPS) is 11.3. The van der Waals surface area contributed by atoms with Crippen molar-refractivity contribution in [3.63, 3.8) is 0 Å². The molecule has 0 aliphatic carbocycles. The fraction of sp³-hybridized carbons (Fsp3) is 0.500. The molecule has 0 radical (unpaired) electrons. The van der Waals surface area contributed by atoms with E-state index in [-0.39, 0.29) is 0 Å². The van der Waals surface area contributed by atoms with Gasteiger partial charge in [0.1, 0.15) is 0 Å². The summed E-state index contributed by atoms with van der Waals surface area (Å²) < 4.78 is 1.17. The van der Waals surface area contributed by atoms with Gasteiger partial charge in [0, 0.05) is 29.5 Å². The van der Waals surface area contributed by atoms with Gasteiger partial charge in [0.15, 0.2) is 0 Å². The van der Waals surface area contributed by atoms with Gasteiger partial charge < -0.3 is 0 Å². The van der Waals surface area contributed by atoms with Crippen LogP contribution >= 0.6 is 27.5 Å². The molecule has 1 aromatic rings. The molecule has 0 atom stereocenters. The molecular weight excluding hydrogens is 273 g/mol. The Morgan fingerprint density at radius 3 is 2.53 bits per heavy atom. The molecular formula is C12H17BrClN. The number of benzene rings is 1. The van der Waals surface area contributed by atoms with Crippen molar-refractivity contribution in [3.05, 3.63) is 34.3 Å². The number of nitrogens with zero attached hydrogens (tertiary/aromatic N) is 1. The van der Waals surface area contributed by atoms with Gasteiger partial charge in [-0.25, -0.2) is 0 Å². The molecule has 0 unspecified atom stereocenters. The third-order valence-corrected chi connectivity index (χ3v) is 3.38. The van der Waals surface area contributed by atoms with Gasteiger partial charge in [-0.05, 0) is 25.5 Å². The standard InChI is InChI=1S/C12H17BrClN/c1-10(2)15(8-7-14)9-11-5-3-4-6-12(11)13/h3-6,10H,7-9H2,1-2H3. The zero-order valence-electron chi connectivity index (χ0n) is 9.21. The van der Waals surface area contributed by atoms with Gasteiger partial charge in [0.2, 0.25) is 0 Å². The zero-order valence-corrected chi connectivity index (χ0v) is 11.6. The maximum absolute atomic E-state index is 5.79. The summed E-state index contributed by atoms with van der Waals surface area (Å²) in [5.74, 6) is 0.683. The van der Waals surface area contributed by atoms with Crippen LogP contribution in [0.1, 0.15) is 19.4 Å². The van der Waals surface area contributed by atoms with E-state index in [1.165, 1.54) is 10.0 Å². The molecule has 15 heavy (non-hydrogen) atoms. The van der Waals surface area contributed by atoms with E-state index in [1.54, 1.807) is 0 Å². The van der Waals surface area contributed by atoms with Crippen molar-refractivity contribution in [2.24, 2.45) is 0 Å². The molecule has 0 aliphatic heterocycles. The summed E-state index contributed by atoms with van der Waals surface area (Å²) in [6.45, 7) is 6.28. The lowest BCUT2D eigenvalue weighted by atomic mass is 10.2. The Balaban J connectivity index is 2.69. The van der Waals surface area contributed by atoms with Crippen LogP contribution in [0.4, 0.5) is 0 Å². The van der Waals surface area contributed by atoms with Crippen LogP contribution in [0.3, 0.4) is 0 Å². The van der Waals surface area contributed by atoms with Crippen LogP contribution in [0.5, 0.6) is 0 Å². The number of hydrogen-bond donors (Lipinski definition) is 0. The van der Waals surface area contributed by atoms with E-state index in [1.807, 2.05) is 6.07 Å². The van der Waals surface area contributed by atoms with Crippen LogP contribution in [0.25, 0.3) is 0 Å². The Hall–Kier alpha value is -0.0500. The van der Waals surface area contributed by atoms with Crippen molar-refractivity contribution in [1.29, 1.82) is 0 Å². The van der Waals surface area contributed by atoms with E-state index in [4.69, 9.17) is 11.6 Å². The Morgan fingerprint density at radius 1 is 1.33 bits per heavy atom. The van der Waals surface area contributed by atoms with E-state index in [0.717, 1.165) is 13.1 Å². The van der Waals surface area contributed by atoms with E-state index in [2.05, 4.69) is 52.9 Å². The summed E-state index contributed by atoms with van der Waals surface area (Å²) in [5.41, 5.74) is 1.32.